The Balaban J connectivity index is 1.64. The van der Waals surface area contributed by atoms with E-state index in [2.05, 4.69) is 26.8 Å². The van der Waals surface area contributed by atoms with Crippen LogP contribution in [-0.4, -0.2) is 28.6 Å². The lowest BCUT2D eigenvalue weighted by atomic mass is 9.46. The lowest BCUT2D eigenvalue weighted by molar-refractivity contribution is -0.165. The van der Waals surface area contributed by atoms with Gasteiger partial charge in [0, 0.05) is 18.8 Å². The molecule has 0 bridgehead atoms. The molecule has 3 fully saturated rings. The summed E-state index contributed by atoms with van der Waals surface area (Å²) in [6.45, 7) is 9.73. The van der Waals surface area contributed by atoms with Gasteiger partial charge in [0.15, 0.2) is 5.78 Å². The van der Waals surface area contributed by atoms with Gasteiger partial charge >= 0.3 is 5.97 Å². The molecule has 0 heterocycles. The van der Waals surface area contributed by atoms with Crippen LogP contribution in [0.4, 0.5) is 0 Å². The van der Waals surface area contributed by atoms with Crippen LogP contribution in [0.25, 0.3) is 0 Å². The van der Waals surface area contributed by atoms with E-state index in [-0.39, 0.29) is 34.6 Å². The summed E-state index contributed by atoms with van der Waals surface area (Å²) in [6.07, 6.45) is 9.29. The number of aliphatic hydroxyl groups is 1. The summed E-state index contributed by atoms with van der Waals surface area (Å²) in [5.74, 6) is 1.33. The third-order valence-electron chi connectivity index (χ3n) is 9.51. The number of fused-ring (bicyclic) bond motifs is 5. The van der Waals surface area contributed by atoms with E-state index in [1.54, 1.807) is 6.92 Å². The zero-order chi connectivity index (χ0) is 20.5. The van der Waals surface area contributed by atoms with Crippen LogP contribution in [-0.2, 0) is 14.3 Å². The maximum atomic E-state index is 12.5. The van der Waals surface area contributed by atoms with Crippen LogP contribution in [0, 0.1) is 34.5 Å². The van der Waals surface area contributed by atoms with Crippen molar-refractivity contribution in [2.45, 2.75) is 91.3 Å². The van der Waals surface area contributed by atoms with Gasteiger partial charge in [-0.25, -0.2) is 0 Å². The fourth-order valence-corrected chi connectivity index (χ4v) is 8.05. The van der Waals surface area contributed by atoms with E-state index in [4.69, 9.17) is 4.74 Å². The first-order valence-electron chi connectivity index (χ1n) is 11.1. The van der Waals surface area contributed by atoms with Crippen molar-refractivity contribution >= 4 is 11.8 Å². The van der Waals surface area contributed by atoms with Crippen molar-refractivity contribution in [1.29, 1.82) is 0 Å². The van der Waals surface area contributed by atoms with Gasteiger partial charge in [-0.3, -0.25) is 9.59 Å². The largest absolute Gasteiger partial charge is 0.462 e. The first kappa shape index (κ1) is 20.1. The molecule has 8 atom stereocenters. The van der Waals surface area contributed by atoms with Gasteiger partial charge in [0.1, 0.15) is 11.7 Å². The molecule has 156 valence electrons. The second kappa shape index (κ2) is 6.42. The van der Waals surface area contributed by atoms with Gasteiger partial charge in [-0.05, 0) is 74.5 Å². The molecule has 0 aromatic carbocycles. The first-order chi connectivity index (χ1) is 13.0. The molecular formula is C24H36O4. The number of rotatable bonds is 2. The van der Waals surface area contributed by atoms with Gasteiger partial charge in [0.25, 0.3) is 0 Å². The monoisotopic (exact) mass is 388 g/mol. The highest BCUT2D eigenvalue weighted by atomic mass is 16.5. The number of hydrogen-bond donors (Lipinski definition) is 1. The Hall–Kier alpha value is -1.16. The molecule has 0 aromatic heterocycles. The Bertz CT molecular complexity index is 726. The average Bonchev–Trinajstić information content (AvgIpc) is 2.83. The number of Topliss-reactive ketones (excluding diaryl/α,β-unsaturated/α-hetero) is 1. The summed E-state index contributed by atoms with van der Waals surface area (Å²) < 4.78 is 5.52. The highest BCUT2D eigenvalue weighted by Crippen LogP contribution is 2.68. The predicted octanol–water partition coefficient (Wildman–Crippen LogP) is 4.45. The summed E-state index contributed by atoms with van der Waals surface area (Å²) in [6, 6.07) is 0. The number of allylic oxidation sites excluding steroid dienone is 1. The highest BCUT2D eigenvalue weighted by molar-refractivity contribution is 5.86. The molecule has 1 N–H and O–H groups in total. The van der Waals surface area contributed by atoms with Crippen molar-refractivity contribution in [1.82, 2.24) is 0 Å². The molecule has 4 aliphatic rings. The maximum Gasteiger partial charge on any atom is 0.302 e. The molecule has 4 heteroatoms. The minimum Gasteiger partial charge on any atom is -0.462 e. The Kier molecular flexibility index (Phi) is 4.61. The molecule has 0 radical (unpaired) electrons. The molecule has 3 saturated carbocycles. The maximum absolute atomic E-state index is 12.5. The van der Waals surface area contributed by atoms with E-state index in [1.807, 2.05) is 0 Å². The van der Waals surface area contributed by atoms with Crippen LogP contribution in [0.2, 0.25) is 0 Å². The molecule has 28 heavy (non-hydrogen) atoms. The van der Waals surface area contributed by atoms with Crippen molar-refractivity contribution in [3.05, 3.63) is 11.6 Å². The van der Waals surface area contributed by atoms with Crippen molar-refractivity contribution in [3.8, 4) is 0 Å². The van der Waals surface area contributed by atoms with Crippen molar-refractivity contribution < 1.29 is 19.4 Å². The fraction of sp³-hybridized carbons (Fsp3) is 0.833. The highest BCUT2D eigenvalue weighted by Gasteiger charge is 2.67. The number of hydrogen-bond acceptors (Lipinski definition) is 4. The SMILES string of the molecule is CC(=O)O[C@H]1CC[C@]2(C)C(=CC[C@@H]3[C@H]4C[C@H](C)[C@@](O)(C(C)=O)[C@]4(C)CC[C@@H]32)C1. The second-order valence-electron chi connectivity index (χ2n) is 10.6. The first-order valence-corrected chi connectivity index (χ1v) is 11.1. The molecule has 4 rings (SSSR count). The number of esters is 1. The minimum atomic E-state index is -1.18. The van der Waals surface area contributed by atoms with E-state index in [0.29, 0.717) is 17.8 Å². The van der Waals surface area contributed by atoms with E-state index in [1.165, 1.54) is 12.5 Å². The molecule has 0 spiro atoms. The molecule has 0 unspecified atom stereocenters. The summed E-state index contributed by atoms with van der Waals surface area (Å²) in [7, 11) is 0. The normalized spacial score (nSPS) is 50.1. The lowest BCUT2D eigenvalue weighted by Crippen LogP contribution is -2.58. The average molecular weight is 389 g/mol. The topological polar surface area (TPSA) is 63.6 Å². The molecule has 4 nitrogen and oxygen atoms in total. The Morgan fingerprint density at radius 3 is 2.50 bits per heavy atom. The summed E-state index contributed by atoms with van der Waals surface area (Å²) in [5.41, 5.74) is 0.153. The zero-order valence-corrected chi connectivity index (χ0v) is 18.1. The molecule has 0 aromatic rings. The Labute approximate surface area is 169 Å². The minimum absolute atomic E-state index is 0.0246. The molecular weight excluding hydrogens is 352 g/mol. The zero-order valence-electron chi connectivity index (χ0n) is 18.1. The van der Waals surface area contributed by atoms with Gasteiger partial charge in [-0.2, -0.15) is 0 Å². The van der Waals surface area contributed by atoms with E-state index in [0.717, 1.165) is 44.9 Å². The van der Waals surface area contributed by atoms with Crippen molar-refractivity contribution in [3.63, 3.8) is 0 Å². The van der Waals surface area contributed by atoms with E-state index < -0.39 is 5.60 Å². The van der Waals surface area contributed by atoms with Gasteiger partial charge in [0.2, 0.25) is 0 Å². The van der Waals surface area contributed by atoms with Crippen LogP contribution < -0.4 is 0 Å². The second-order valence-corrected chi connectivity index (χ2v) is 10.6. The molecule has 0 aliphatic heterocycles. The number of ether oxygens (including phenoxy) is 1. The third kappa shape index (κ3) is 2.52. The van der Waals surface area contributed by atoms with Gasteiger partial charge in [-0.15, -0.1) is 0 Å². The lowest BCUT2D eigenvalue weighted by Gasteiger charge is -2.58. The summed E-state index contributed by atoms with van der Waals surface area (Å²) in [5, 5.41) is 11.5. The van der Waals surface area contributed by atoms with Crippen LogP contribution in [0.1, 0.15) is 79.6 Å². The van der Waals surface area contributed by atoms with Crippen LogP contribution in [0.3, 0.4) is 0 Å². The standard InChI is InChI=1S/C24H36O4/c1-14-12-21-19-7-6-17-13-18(28-16(3)26)8-10-22(17,4)20(19)9-11-23(21,5)24(14,27)15(2)25/h6,14,18-21,27H,7-13H2,1-5H3/t14-,18-,19-,20-,21+,22+,23+,24+/m0/s1. The number of ketones is 1. The van der Waals surface area contributed by atoms with Crippen LogP contribution in [0.5, 0.6) is 0 Å². The fourth-order valence-electron chi connectivity index (χ4n) is 8.05. The number of carbonyl (C=O) groups is 2. The van der Waals surface area contributed by atoms with Crippen LogP contribution >= 0.6 is 0 Å². The molecule has 0 amide bonds. The van der Waals surface area contributed by atoms with Gasteiger partial charge in [-0.1, -0.05) is 32.4 Å². The van der Waals surface area contributed by atoms with Crippen molar-refractivity contribution in [2.24, 2.45) is 34.5 Å². The van der Waals surface area contributed by atoms with E-state index in [9.17, 15) is 14.7 Å². The van der Waals surface area contributed by atoms with E-state index >= 15 is 0 Å². The predicted molar refractivity (Wildman–Crippen MR) is 107 cm³/mol. The molecule has 0 saturated heterocycles. The van der Waals surface area contributed by atoms with Crippen LogP contribution in [0.15, 0.2) is 11.6 Å². The number of carbonyl (C=O) groups excluding carboxylic acids is 2. The Morgan fingerprint density at radius 1 is 1.14 bits per heavy atom. The molecule has 4 aliphatic carbocycles. The van der Waals surface area contributed by atoms with Gasteiger partial charge < -0.3 is 9.84 Å². The summed E-state index contributed by atoms with van der Waals surface area (Å²) >= 11 is 0. The quantitative estimate of drug-likeness (QED) is 0.561. The van der Waals surface area contributed by atoms with Crippen molar-refractivity contribution in [2.75, 3.05) is 0 Å². The van der Waals surface area contributed by atoms with Gasteiger partial charge in [0.05, 0.1) is 0 Å². The smallest absolute Gasteiger partial charge is 0.302 e. The third-order valence-corrected chi connectivity index (χ3v) is 9.51. The summed E-state index contributed by atoms with van der Waals surface area (Å²) in [4.78, 5) is 23.9. The Morgan fingerprint density at radius 2 is 1.86 bits per heavy atom.